The van der Waals surface area contributed by atoms with Gasteiger partial charge in [0.15, 0.2) is 0 Å². The van der Waals surface area contributed by atoms with Crippen LogP contribution in [0.3, 0.4) is 0 Å². The van der Waals surface area contributed by atoms with E-state index in [9.17, 15) is 0 Å². The second kappa shape index (κ2) is 23.4. The fourth-order valence-corrected chi connectivity index (χ4v) is 7.60. The van der Waals surface area contributed by atoms with Crippen LogP contribution in [0.25, 0.3) is 28.3 Å². The Morgan fingerprint density at radius 2 is 1.02 bits per heavy atom. The van der Waals surface area contributed by atoms with Crippen LogP contribution in [0.4, 0.5) is 34.1 Å². The third-order valence-electron chi connectivity index (χ3n) is 10.7. The number of fused-ring (bicyclic) bond motifs is 1. The SMILES string of the molecule is C=C1/C=C\C=C/C/C=C(N2C(C)=CC=Cc3cc(N(c4ccccc4)c4ccc(-c5ccccc5)cc4)ccc32)\C=C/C(=C)O1.CC.c1ccc(Nc2ccc(-c3ccccc3)cc2)cc1. The number of nitrogens with zero attached hydrogens (tertiary/aromatic N) is 2. The molecule has 0 aliphatic carbocycles. The molecule has 7 aromatic carbocycles. The highest BCUT2D eigenvalue weighted by atomic mass is 16.5. The molecule has 9 rings (SSSR count). The monoisotopic (exact) mass is 859 g/mol. The van der Waals surface area contributed by atoms with Gasteiger partial charge in [-0.3, -0.25) is 0 Å². The number of hydrogen-bond donors (Lipinski definition) is 1. The Kier molecular flexibility index (Phi) is 16.2. The van der Waals surface area contributed by atoms with Crippen LogP contribution in [0.2, 0.25) is 0 Å². The minimum atomic E-state index is 0.530. The van der Waals surface area contributed by atoms with E-state index in [-0.39, 0.29) is 0 Å². The third-order valence-corrected chi connectivity index (χ3v) is 10.7. The molecule has 0 spiro atoms. The van der Waals surface area contributed by atoms with Gasteiger partial charge in [-0.05, 0) is 127 Å². The Morgan fingerprint density at radius 3 is 1.65 bits per heavy atom. The van der Waals surface area contributed by atoms with Crippen molar-refractivity contribution in [2.75, 3.05) is 15.1 Å². The van der Waals surface area contributed by atoms with Gasteiger partial charge < -0.3 is 19.9 Å². The molecule has 4 nitrogen and oxygen atoms in total. The van der Waals surface area contributed by atoms with Crippen molar-refractivity contribution in [1.29, 1.82) is 0 Å². The molecule has 4 heteroatoms. The summed E-state index contributed by atoms with van der Waals surface area (Å²) < 4.78 is 5.76. The largest absolute Gasteiger partial charge is 0.459 e. The minimum absolute atomic E-state index is 0.530. The summed E-state index contributed by atoms with van der Waals surface area (Å²) in [4.78, 5) is 4.59. The first-order chi connectivity index (χ1) is 32.5. The molecule has 0 unspecified atom stereocenters. The van der Waals surface area contributed by atoms with Crippen molar-refractivity contribution < 1.29 is 4.74 Å². The maximum Gasteiger partial charge on any atom is 0.120 e. The van der Waals surface area contributed by atoms with Gasteiger partial charge in [0.25, 0.3) is 0 Å². The molecule has 2 aliphatic heterocycles. The van der Waals surface area contributed by atoms with Gasteiger partial charge in [0.1, 0.15) is 11.5 Å². The van der Waals surface area contributed by atoms with Gasteiger partial charge in [0.2, 0.25) is 0 Å². The normalized spacial score (nSPS) is 15.3. The summed E-state index contributed by atoms with van der Waals surface area (Å²) in [6.07, 6.45) is 21.3. The van der Waals surface area contributed by atoms with E-state index in [1.807, 2.05) is 68.5 Å². The molecule has 2 heterocycles. The molecule has 0 saturated carbocycles. The van der Waals surface area contributed by atoms with Crippen molar-refractivity contribution in [3.05, 3.63) is 284 Å². The molecular formula is C62H57N3O. The zero-order valence-electron chi connectivity index (χ0n) is 38.1. The molecule has 0 amide bonds. The van der Waals surface area contributed by atoms with Crippen molar-refractivity contribution in [1.82, 2.24) is 0 Å². The van der Waals surface area contributed by atoms with Crippen LogP contribution >= 0.6 is 0 Å². The van der Waals surface area contributed by atoms with Gasteiger partial charge in [-0.2, -0.15) is 0 Å². The molecule has 0 radical (unpaired) electrons. The predicted octanol–water partition coefficient (Wildman–Crippen LogP) is 17.7. The Morgan fingerprint density at radius 1 is 0.500 bits per heavy atom. The van der Waals surface area contributed by atoms with Gasteiger partial charge in [-0.15, -0.1) is 0 Å². The smallest absolute Gasteiger partial charge is 0.120 e. The fraction of sp³-hybridized carbons (Fsp3) is 0.0645. The number of ether oxygens (including phenoxy) is 1. The Balaban J connectivity index is 0.000000256. The maximum absolute atomic E-state index is 5.76. The molecule has 66 heavy (non-hydrogen) atoms. The van der Waals surface area contributed by atoms with E-state index in [1.54, 1.807) is 0 Å². The van der Waals surface area contributed by atoms with Gasteiger partial charge in [0, 0.05) is 45.4 Å². The van der Waals surface area contributed by atoms with Crippen molar-refractivity contribution in [2.24, 2.45) is 0 Å². The fourth-order valence-electron chi connectivity index (χ4n) is 7.60. The molecule has 2 aliphatic rings. The van der Waals surface area contributed by atoms with E-state index in [2.05, 4.69) is 229 Å². The average Bonchev–Trinajstić information content (AvgIpc) is 3.53. The molecule has 0 saturated heterocycles. The second-order valence-corrected chi connectivity index (χ2v) is 15.3. The lowest BCUT2D eigenvalue weighted by Gasteiger charge is -2.30. The van der Waals surface area contributed by atoms with E-state index in [1.165, 1.54) is 22.3 Å². The van der Waals surface area contributed by atoms with E-state index in [4.69, 9.17) is 4.74 Å². The van der Waals surface area contributed by atoms with Crippen LogP contribution in [-0.2, 0) is 4.74 Å². The molecule has 7 aromatic rings. The number of benzene rings is 7. The first kappa shape index (κ1) is 45.7. The molecular weight excluding hydrogens is 803 g/mol. The highest BCUT2D eigenvalue weighted by molar-refractivity contribution is 5.84. The van der Waals surface area contributed by atoms with Crippen molar-refractivity contribution >= 4 is 40.2 Å². The summed E-state index contributed by atoms with van der Waals surface area (Å²) in [5, 5.41) is 3.38. The van der Waals surface area contributed by atoms with Gasteiger partial charge in [-0.1, -0.05) is 185 Å². The van der Waals surface area contributed by atoms with Gasteiger partial charge in [0.05, 0.1) is 5.69 Å². The summed E-state index contributed by atoms with van der Waals surface area (Å²) in [6.45, 7) is 14.2. The molecule has 326 valence electrons. The summed E-state index contributed by atoms with van der Waals surface area (Å²) in [6, 6.07) is 65.6. The molecule has 0 fully saturated rings. The van der Waals surface area contributed by atoms with E-state index >= 15 is 0 Å². The lowest BCUT2D eigenvalue weighted by Crippen LogP contribution is -2.20. The van der Waals surface area contributed by atoms with Crippen molar-refractivity contribution in [2.45, 2.75) is 27.2 Å². The standard InChI is InChI=1S/C42H36N2O.C18H15N.C2H6/c1-32-15-14-19-37-31-41(29-30-42(37)43(32)39-22-11-5-4-8-16-33(2)45-34(3)23-26-39)44(38-20-12-7-13-21-38)40-27-24-36(25-28-40)35-17-9-6-10-18-35;1-3-7-15(8-4-1)16-11-13-18(14-12-16)19-17-9-5-2-6-10-17;1-2/h4-10,12-31H,2-3,11H2,1H3;1-14,19H;1-2H3/b5-4-,16-8-,26-23-,39-22+;;. The second-order valence-electron chi connectivity index (χ2n) is 15.3. The van der Waals surface area contributed by atoms with Crippen molar-refractivity contribution in [3.63, 3.8) is 0 Å². The number of nitrogens with one attached hydrogen (secondary N) is 1. The van der Waals surface area contributed by atoms with Crippen LogP contribution < -0.4 is 15.1 Å². The van der Waals surface area contributed by atoms with Crippen LogP contribution in [0.1, 0.15) is 32.8 Å². The zero-order chi connectivity index (χ0) is 45.9. The lowest BCUT2D eigenvalue weighted by molar-refractivity contribution is 0.340. The Hall–Kier alpha value is -8.34. The zero-order valence-corrected chi connectivity index (χ0v) is 38.1. The summed E-state index contributed by atoms with van der Waals surface area (Å²) in [5.41, 5.74) is 14.7. The molecule has 0 aromatic heterocycles. The number of hydrogen-bond acceptors (Lipinski definition) is 4. The van der Waals surface area contributed by atoms with Crippen molar-refractivity contribution in [3.8, 4) is 22.3 Å². The Bertz CT molecular complexity index is 2850. The average molecular weight is 860 g/mol. The van der Waals surface area contributed by atoms with E-state index in [0.29, 0.717) is 11.5 Å². The molecule has 0 bridgehead atoms. The van der Waals surface area contributed by atoms with Gasteiger partial charge >= 0.3 is 0 Å². The lowest BCUT2D eigenvalue weighted by atomic mass is 10.0. The first-order valence-corrected chi connectivity index (χ1v) is 22.5. The highest BCUT2D eigenvalue weighted by Crippen LogP contribution is 2.40. The van der Waals surface area contributed by atoms with Crippen LogP contribution in [0.5, 0.6) is 0 Å². The van der Waals surface area contributed by atoms with E-state index < -0.39 is 0 Å². The topological polar surface area (TPSA) is 27.7 Å². The minimum Gasteiger partial charge on any atom is -0.459 e. The highest BCUT2D eigenvalue weighted by Gasteiger charge is 2.20. The number of anilines is 6. The third kappa shape index (κ3) is 12.2. The Labute approximate surface area is 392 Å². The van der Waals surface area contributed by atoms with Crippen LogP contribution in [0, 0.1) is 0 Å². The number of para-hydroxylation sites is 2. The number of allylic oxidation sites excluding steroid dienone is 10. The van der Waals surface area contributed by atoms with Gasteiger partial charge in [-0.25, -0.2) is 0 Å². The quantitative estimate of drug-likeness (QED) is 0.165. The maximum atomic E-state index is 5.76. The number of rotatable bonds is 8. The first-order valence-electron chi connectivity index (χ1n) is 22.5. The summed E-state index contributed by atoms with van der Waals surface area (Å²) in [5.74, 6) is 1.08. The summed E-state index contributed by atoms with van der Waals surface area (Å²) >= 11 is 0. The van der Waals surface area contributed by atoms with Crippen LogP contribution in [-0.4, -0.2) is 0 Å². The van der Waals surface area contributed by atoms with Crippen LogP contribution in [0.15, 0.2) is 279 Å². The molecule has 0 atom stereocenters. The van der Waals surface area contributed by atoms with E-state index in [0.717, 1.165) is 57.5 Å². The molecule has 1 N–H and O–H groups in total. The summed E-state index contributed by atoms with van der Waals surface area (Å²) in [7, 11) is 0. The predicted molar refractivity (Wildman–Crippen MR) is 284 cm³/mol.